The standard InChI is InChI=1S/C14H14ClN/c1-10(9-15)16-14-8-7-12-5-3-4-6-13(12)11(14)2/h3-8H,9H2,1-2H3. The van der Waals surface area contributed by atoms with E-state index >= 15 is 0 Å². The van der Waals surface area contributed by atoms with Gasteiger partial charge in [0.2, 0.25) is 0 Å². The van der Waals surface area contributed by atoms with Crippen LogP contribution >= 0.6 is 11.6 Å². The van der Waals surface area contributed by atoms with Crippen LogP contribution in [0.15, 0.2) is 41.4 Å². The van der Waals surface area contributed by atoms with E-state index in [-0.39, 0.29) is 0 Å². The number of fused-ring (bicyclic) bond motifs is 1. The van der Waals surface area contributed by atoms with Crippen molar-refractivity contribution in [1.82, 2.24) is 0 Å². The summed E-state index contributed by atoms with van der Waals surface area (Å²) in [6.45, 7) is 4.05. The van der Waals surface area contributed by atoms with Crippen LogP contribution in [0, 0.1) is 6.92 Å². The summed E-state index contributed by atoms with van der Waals surface area (Å²) in [5.41, 5.74) is 3.17. The highest BCUT2D eigenvalue weighted by Gasteiger charge is 2.02. The van der Waals surface area contributed by atoms with E-state index in [1.807, 2.05) is 13.0 Å². The van der Waals surface area contributed by atoms with Gasteiger partial charge in [0, 0.05) is 5.71 Å². The van der Waals surface area contributed by atoms with Gasteiger partial charge in [0.05, 0.1) is 11.6 Å². The van der Waals surface area contributed by atoms with E-state index in [4.69, 9.17) is 11.6 Å². The molecule has 0 amide bonds. The predicted molar refractivity (Wildman–Crippen MR) is 72.2 cm³/mol. The van der Waals surface area contributed by atoms with Crippen LogP contribution in [0.4, 0.5) is 5.69 Å². The Bertz CT molecular complexity index is 543. The minimum absolute atomic E-state index is 0.478. The fourth-order valence-electron chi connectivity index (χ4n) is 1.77. The fraction of sp³-hybridized carbons (Fsp3) is 0.214. The highest BCUT2D eigenvalue weighted by atomic mass is 35.5. The molecular weight excluding hydrogens is 218 g/mol. The third kappa shape index (κ3) is 2.10. The Morgan fingerprint density at radius 2 is 1.94 bits per heavy atom. The number of hydrogen-bond acceptors (Lipinski definition) is 1. The summed E-state index contributed by atoms with van der Waals surface area (Å²) < 4.78 is 0. The quantitative estimate of drug-likeness (QED) is 0.534. The molecule has 0 N–H and O–H groups in total. The van der Waals surface area contributed by atoms with Crippen molar-refractivity contribution < 1.29 is 0 Å². The summed E-state index contributed by atoms with van der Waals surface area (Å²) in [6, 6.07) is 12.5. The van der Waals surface area contributed by atoms with Crippen LogP contribution in [0.5, 0.6) is 0 Å². The lowest BCUT2D eigenvalue weighted by molar-refractivity contribution is 1.41. The van der Waals surface area contributed by atoms with Crippen LogP contribution in [0.25, 0.3) is 10.8 Å². The Balaban J connectivity index is 2.61. The summed E-state index contributed by atoms with van der Waals surface area (Å²) in [4.78, 5) is 4.51. The zero-order valence-electron chi connectivity index (χ0n) is 9.50. The van der Waals surface area contributed by atoms with Gasteiger partial charge in [0.15, 0.2) is 0 Å². The SMILES string of the molecule is CC(CCl)=Nc1ccc2ccccc2c1C. The molecule has 82 valence electrons. The van der Waals surface area contributed by atoms with Gasteiger partial charge in [-0.2, -0.15) is 0 Å². The first-order valence-electron chi connectivity index (χ1n) is 5.31. The molecule has 0 aliphatic heterocycles. The predicted octanol–water partition coefficient (Wildman–Crippen LogP) is 4.48. The van der Waals surface area contributed by atoms with Crippen molar-refractivity contribution in [3.8, 4) is 0 Å². The van der Waals surface area contributed by atoms with Gasteiger partial charge in [-0.15, -0.1) is 11.6 Å². The van der Waals surface area contributed by atoms with E-state index in [0.29, 0.717) is 5.88 Å². The van der Waals surface area contributed by atoms with E-state index in [1.54, 1.807) is 0 Å². The van der Waals surface area contributed by atoms with Gasteiger partial charge in [-0.3, -0.25) is 4.99 Å². The molecule has 2 aromatic rings. The molecule has 0 aliphatic carbocycles. The van der Waals surface area contributed by atoms with Crippen molar-refractivity contribution in [3.05, 3.63) is 42.0 Å². The normalized spacial score (nSPS) is 12.1. The summed E-state index contributed by atoms with van der Waals surface area (Å²) in [6.07, 6.45) is 0. The lowest BCUT2D eigenvalue weighted by Gasteiger charge is -2.06. The Hall–Kier alpha value is -1.34. The summed E-state index contributed by atoms with van der Waals surface area (Å²) in [5, 5.41) is 2.51. The molecule has 16 heavy (non-hydrogen) atoms. The minimum Gasteiger partial charge on any atom is -0.257 e. The molecule has 0 atom stereocenters. The molecule has 0 fully saturated rings. The van der Waals surface area contributed by atoms with Gasteiger partial charge in [0.1, 0.15) is 0 Å². The maximum Gasteiger partial charge on any atom is 0.0664 e. The second-order valence-electron chi connectivity index (χ2n) is 3.91. The van der Waals surface area contributed by atoms with Gasteiger partial charge >= 0.3 is 0 Å². The topological polar surface area (TPSA) is 12.4 Å². The van der Waals surface area contributed by atoms with Crippen LogP contribution in [0.1, 0.15) is 12.5 Å². The number of benzene rings is 2. The molecule has 0 aliphatic rings. The van der Waals surface area contributed by atoms with Crippen molar-refractivity contribution >= 4 is 33.8 Å². The Labute approximate surface area is 101 Å². The van der Waals surface area contributed by atoms with Crippen LogP contribution in [-0.4, -0.2) is 11.6 Å². The molecule has 0 saturated heterocycles. The second-order valence-corrected chi connectivity index (χ2v) is 4.18. The molecule has 0 heterocycles. The van der Waals surface area contributed by atoms with Gasteiger partial charge in [0.25, 0.3) is 0 Å². The summed E-state index contributed by atoms with van der Waals surface area (Å²) in [5.74, 6) is 0.478. The number of aryl methyl sites for hydroxylation is 1. The maximum atomic E-state index is 5.74. The molecular formula is C14H14ClN. The first-order chi connectivity index (χ1) is 7.72. The lowest BCUT2D eigenvalue weighted by Crippen LogP contribution is -1.91. The maximum absolute atomic E-state index is 5.74. The van der Waals surface area contributed by atoms with Crippen molar-refractivity contribution in [3.63, 3.8) is 0 Å². The van der Waals surface area contributed by atoms with Crippen molar-refractivity contribution in [2.75, 3.05) is 5.88 Å². The highest BCUT2D eigenvalue weighted by Crippen LogP contribution is 2.27. The van der Waals surface area contributed by atoms with E-state index in [0.717, 1.165) is 11.4 Å². The summed E-state index contributed by atoms with van der Waals surface area (Å²) in [7, 11) is 0. The van der Waals surface area contributed by atoms with Gasteiger partial charge in [-0.25, -0.2) is 0 Å². The molecule has 0 aromatic heterocycles. The Morgan fingerprint density at radius 3 is 2.69 bits per heavy atom. The molecule has 0 unspecified atom stereocenters. The number of rotatable bonds is 2. The van der Waals surface area contributed by atoms with E-state index in [1.165, 1.54) is 16.3 Å². The van der Waals surface area contributed by atoms with Gasteiger partial charge in [-0.1, -0.05) is 30.3 Å². The average molecular weight is 232 g/mol. The van der Waals surface area contributed by atoms with Crippen LogP contribution < -0.4 is 0 Å². The third-order valence-electron chi connectivity index (χ3n) is 2.67. The second kappa shape index (κ2) is 4.67. The highest BCUT2D eigenvalue weighted by molar-refractivity contribution is 6.28. The van der Waals surface area contributed by atoms with Crippen molar-refractivity contribution in [2.45, 2.75) is 13.8 Å². The number of aliphatic imine (C=N–C) groups is 1. The zero-order chi connectivity index (χ0) is 11.5. The first kappa shape index (κ1) is 11.2. The molecule has 1 nitrogen and oxygen atoms in total. The number of halogens is 1. The molecule has 0 bridgehead atoms. The molecule has 0 spiro atoms. The monoisotopic (exact) mass is 231 g/mol. The van der Waals surface area contributed by atoms with E-state index < -0.39 is 0 Å². The lowest BCUT2D eigenvalue weighted by atomic mass is 10.0. The third-order valence-corrected chi connectivity index (χ3v) is 3.06. The number of nitrogens with zero attached hydrogens (tertiary/aromatic N) is 1. The van der Waals surface area contributed by atoms with E-state index in [2.05, 4.69) is 42.2 Å². The van der Waals surface area contributed by atoms with Crippen LogP contribution in [0.3, 0.4) is 0 Å². The molecule has 0 radical (unpaired) electrons. The fourth-order valence-corrected chi connectivity index (χ4v) is 1.83. The number of alkyl halides is 1. The molecule has 2 aromatic carbocycles. The molecule has 2 rings (SSSR count). The van der Waals surface area contributed by atoms with Crippen molar-refractivity contribution in [1.29, 1.82) is 0 Å². The van der Waals surface area contributed by atoms with Gasteiger partial charge in [-0.05, 0) is 36.2 Å². The van der Waals surface area contributed by atoms with E-state index in [9.17, 15) is 0 Å². The van der Waals surface area contributed by atoms with Crippen LogP contribution in [-0.2, 0) is 0 Å². The summed E-state index contributed by atoms with van der Waals surface area (Å²) >= 11 is 5.74. The van der Waals surface area contributed by atoms with Crippen molar-refractivity contribution in [2.24, 2.45) is 4.99 Å². The molecule has 2 heteroatoms. The number of hydrogen-bond donors (Lipinski definition) is 0. The first-order valence-corrected chi connectivity index (χ1v) is 5.84. The van der Waals surface area contributed by atoms with Gasteiger partial charge < -0.3 is 0 Å². The Morgan fingerprint density at radius 1 is 1.19 bits per heavy atom. The molecule has 0 saturated carbocycles. The van der Waals surface area contributed by atoms with Crippen LogP contribution in [0.2, 0.25) is 0 Å². The largest absolute Gasteiger partial charge is 0.257 e. The Kier molecular flexibility index (Phi) is 3.25. The minimum atomic E-state index is 0.478. The average Bonchev–Trinajstić information content (AvgIpc) is 2.33. The smallest absolute Gasteiger partial charge is 0.0664 e. The zero-order valence-corrected chi connectivity index (χ0v) is 10.3.